The summed E-state index contributed by atoms with van der Waals surface area (Å²) >= 11 is 1.90. The standard InChI is InChI=1S/C36H24S/c1-2-11-23(12-3-1)33-25-14-4-6-16-27(25)35(28-17-7-5-15-26(28)33)30-22-21-24-13-10-20-32-34(24)36(30)29-18-8-9-19-31(29)37-32/h1-4,6-14,16-22H,5,15H2. The SMILES string of the molecule is C1=Cc2c(c(-c3ccccc3)c3ccccc3c2-c2ccc3cccc4c3c2-c2ccccc2S4)CC1. The maximum Gasteiger partial charge on any atom is 0.0207 e. The zero-order valence-electron chi connectivity index (χ0n) is 20.4. The molecule has 0 amide bonds. The van der Waals surface area contributed by atoms with Crippen LogP contribution in [0.1, 0.15) is 17.5 Å². The normalized spacial score (nSPS) is 13.5. The second-order valence-electron chi connectivity index (χ2n) is 9.94. The molecule has 0 N–H and O–H groups in total. The van der Waals surface area contributed by atoms with E-state index in [9.17, 15) is 0 Å². The van der Waals surface area contributed by atoms with Crippen molar-refractivity contribution in [2.24, 2.45) is 0 Å². The van der Waals surface area contributed by atoms with Gasteiger partial charge in [-0.05, 0) is 85.6 Å². The van der Waals surface area contributed by atoms with Crippen molar-refractivity contribution >= 4 is 39.4 Å². The molecule has 0 aromatic heterocycles. The van der Waals surface area contributed by atoms with E-state index in [2.05, 4.69) is 121 Å². The van der Waals surface area contributed by atoms with Crippen molar-refractivity contribution in [1.29, 1.82) is 0 Å². The van der Waals surface area contributed by atoms with E-state index in [-0.39, 0.29) is 0 Å². The molecule has 0 atom stereocenters. The molecule has 0 saturated heterocycles. The third-order valence-electron chi connectivity index (χ3n) is 7.92. The molecule has 6 aromatic rings. The van der Waals surface area contributed by atoms with Crippen LogP contribution in [0.15, 0.2) is 125 Å². The number of hydrogen-bond acceptors (Lipinski definition) is 1. The third kappa shape index (κ3) is 3.11. The van der Waals surface area contributed by atoms with Gasteiger partial charge < -0.3 is 0 Å². The zero-order chi connectivity index (χ0) is 24.3. The predicted molar refractivity (Wildman–Crippen MR) is 159 cm³/mol. The van der Waals surface area contributed by atoms with Crippen molar-refractivity contribution in [3.05, 3.63) is 126 Å². The maximum absolute atomic E-state index is 2.39. The second-order valence-corrected chi connectivity index (χ2v) is 11.0. The number of rotatable bonds is 2. The monoisotopic (exact) mass is 488 g/mol. The summed E-state index contributed by atoms with van der Waals surface area (Å²) in [5.74, 6) is 0. The van der Waals surface area contributed by atoms with Crippen molar-refractivity contribution in [3.8, 4) is 33.4 Å². The Kier molecular flexibility index (Phi) is 4.68. The van der Waals surface area contributed by atoms with Gasteiger partial charge in [0, 0.05) is 15.2 Å². The van der Waals surface area contributed by atoms with Crippen LogP contribution in [-0.4, -0.2) is 0 Å². The number of fused-ring (bicyclic) bond motifs is 4. The molecule has 0 saturated carbocycles. The molecule has 37 heavy (non-hydrogen) atoms. The van der Waals surface area contributed by atoms with Crippen molar-refractivity contribution < 1.29 is 0 Å². The lowest BCUT2D eigenvalue weighted by Gasteiger charge is -2.27. The zero-order valence-corrected chi connectivity index (χ0v) is 21.2. The fourth-order valence-electron chi connectivity index (χ4n) is 6.41. The molecule has 1 heterocycles. The summed E-state index contributed by atoms with van der Waals surface area (Å²) in [5.41, 5.74) is 11.0. The van der Waals surface area contributed by atoms with Gasteiger partial charge in [0.05, 0.1) is 0 Å². The lowest BCUT2D eigenvalue weighted by atomic mass is 9.78. The fourth-order valence-corrected chi connectivity index (χ4v) is 7.54. The summed E-state index contributed by atoms with van der Waals surface area (Å²) in [6, 6.07) is 40.3. The first-order chi connectivity index (χ1) is 18.4. The van der Waals surface area contributed by atoms with Gasteiger partial charge in [0.25, 0.3) is 0 Å². The van der Waals surface area contributed by atoms with E-state index in [4.69, 9.17) is 0 Å². The first-order valence-corrected chi connectivity index (χ1v) is 13.8. The van der Waals surface area contributed by atoms with E-state index in [1.165, 1.54) is 75.8 Å². The van der Waals surface area contributed by atoms with Gasteiger partial charge in [0.15, 0.2) is 0 Å². The van der Waals surface area contributed by atoms with Crippen LogP contribution in [0.2, 0.25) is 0 Å². The lowest BCUT2D eigenvalue weighted by Crippen LogP contribution is -2.04. The van der Waals surface area contributed by atoms with Gasteiger partial charge in [-0.1, -0.05) is 121 Å². The lowest BCUT2D eigenvalue weighted by molar-refractivity contribution is 0.991. The summed E-state index contributed by atoms with van der Waals surface area (Å²) in [7, 11) is 0. The molecule has 174 valence electrons. The van der Waals surface area contributed by atoms with Gasteiger partial charge in [-0.3, -0.25) is 0 Å². The Morgan fingerprint density at radius 2 is 1.30 bits per heavy atom. The Balaban J connectivity index is 1.56. The van der Waals surface area contributed by atoms with Gasteiger partial charge in [-0.2, -0.15) is 0 Å². The van der Waals surface area contributed by atoms with Gasteiger partial charge in [0.1, 0.15) is 0 Å². The van der Waals surface area contributed by atoms with E-state index < -0.39 is 0 Å². The van der Waals surface area contributed by atoms with Gasteiger partial charge >= 0.3 is 0 Å². The molecule has 1 aliphatic heterocycles. The van der Waals surface area contributed by atoms with Gasteiger partial charge in [-0.15, -0.1) is 0 Å². The minimum absolute atomic E-state index is 1.06. The molecule has 6 aromatic carbocycles. The fraction of sp³-hybridized carbons (Fsp3) is 0.0556. The van der Waals surface area contributed by atoms with Crippen molar-refractivity contribution in [3.63, 3.8) is 0 Å². The Morgan fingerprint density at radius 1 is 0.541 bits per heavy atom. The Labute approximate surface area is 221 Å². The smallest absolute Gasteiger partial charge is 0.0207 e. The van der Waals surface area contributed by atoms with Crippen LogP contribution in [0.4, 0.5) is 0 Å². The first-order valence-electron chi connectivity index (χ1n) is 13.0. The molecular formula is C36H24S. The number of allylic oxidation sites excluding steroid dienone is 1. The van der Waals surface area contributed by atoms with Gasteiger partial charge in [0.2, 0.25) is 0 Å². The van der Waals surface area contributed by atoms with Crippen LogP contribution in [0, 0.1) is 0 Å². The second kappa shape index (κ2) is 8.23. The summed E-state index contributed by atoms with van der Waals surface area (Å²) < 4.78 is 0. The van der Waals surface area contributed by atoms with Crippen molar-refractivity contribution in [1.82, 2.24) is 0 Å². The molecular weight excluding hydrogens is 464 g/mol. The largest absolute Gasteiger partial charge is 0.0888 e. The van der Waals surface area contributed by atoms with E-state index in [0.717, 1.165) is 12.8 Å². The van der Waals surface area contributed by atoms with E-state index in [1.807, 2.05) is 11.8 Å². The van der Waals surface area contributed by atoms with Crippen LogP contribution >= 0.6 is 11.8 Å². The molecule has 1 aliphatic carbocycles. The average molecular weight is 489 g/mol. The Hall–Kier alpha value is -4.07. The van der Waals surface area contributed by atoms with Crippen LogP contribution in [0.3, 0.4) is 0 Å². The van der Waals surface area contributed by atoms with E-state index >= 15 is 0 Å². The summed E-state index contributed by atoms with van der Waals surface area (Å²) in [6.45, 7) is 0. The summed E-state index contributed by atoms with van der Waals surface area (Å²) in [4.78, 5) is 2.69. The molecule has 0 radical (unpaired) electrons. The molecule has 8 rings (SSSR count). The minimum atomic E-state index is 1.06. The van der Waals surface area contributed by atoms with E-state index in [0.29, 0.717) is 0 Å². The summed E-state index contributed by atoms with van der Waals surface area (Å²) in [6.07, 6.45) is 6.89. The van der Waals surface area contributed by atoms with Crippen molar-refractivity contribution in [2.45, 2.75) is 22.6 Å². The Bertz CT molecular complexity index is 1890. The maximum atomic E-state index is 2.39. The highest BCUT2D eigenvalue weighted by molar-refractivity contribution is 7.99. The molecule has 2 aliphatic rings. The molecule has 1 heteroatoms. The number of benzene rings is 6. The predicted octanol–water partition coefficient (Wildman–Crippen LogP) is 10.4. The topological polar surface area (TPSA) is 0 Å². The third-order valence-corrected chi connectivity index (χ3v) is 9.06. The van der Waals surface area contributed by atoms with Crippen LogP contribution in [0.25, 0.3) is 61.0 Å². The first kappa shape index (κ1) is 21.1. The molecule has 0 fully saturated rings. The molecule has 0 nitrogen and oxygen atoms in total. The summed E-state index contributed by atoms with van der Waals surface area (Å²) in [5, 5.41) is 5.37. The highest BCUT2D eigenvalue weighted by Gasteiger charge is 2.27. The van der Waals surface area contributed by atoms with Gasteiger partial charge in [-0.25, -0.2) is 0 Å². The number of hydrogen-bond donors (Lipinski definition) is 0. The van der Waals surface area contributed by atoms with Crippen LogP contribution < -0.4 is 0 Å². The highest BCUT2D eigenvalue weighted by atomic mass is 32.2. The highest BCUT2D eigenvalue weighted by Crippen LogP contribution is 2.53. The van der Waals surface area contributed by atoms with Crippen LogP contribution in [-0.2, 0) is 6.42 Å². The minimum Gasteiger partial charge on any atom is -0.0888 e. The molecule has 0 bridgehead atoms. The Morgan fingerprint density at radius 3 is 2.19 bits per heavy atom. The van der Waals surface area contributed by atoms with Crippen LogP contribution in [0.5, 0.6) is 0 Å². The van der Waals surface area contributed by atoms with Crippen molar-refractivity contribution in [2.75, 3.05) is 0 Å². The molecule has 0 unspecified atom stereocenters. The van der Waals surface area contributed by atoms with E-state index in [1.54, 1.807) is 0 Å². The molecule has 0 spiro atoms. The average Bonchev–Trinajstić information content (AvgIpc) is 2.97. The quantitative estimate of drug-likeness (QED) is 0.233.